The van der Waals surface area contributed by atoms with Crippen LogP contribution in [0.15, 0.2) is 18.2 Å². The van der Waals surface area contributed by atoms with Gasteiger partial charge in [0, 0.05) is 37.4 Å². The van der Waals surface area contributed by atoms with Gasteiger partial charge in [-0.15, -0.1) is 0 Å². The molecule has 2 atom stereocenters. The van der Waals surface area contributed by atoms with Crippen LogP contribution in [0.4, 0.5) is 5.69 Å². The van der Waals surface area contributed by atoms with Gasteiger partial charge in [0.1, 0.15) is 0 Å². The van der Waals surface area contributed by atoms with Gasteiger partial charge in [0.05, 0.1) is 0 Å². The summed E-state index contributed by atoms with van der Waals surface area (Å²) < 4.78 is 0. The Morgan fingerprint density at radius 2 is 2.14 bits per heavy atom. The van der Waals surface area contributed by atoms with Crippen LogP contribution in [0.5, 0.6) is 0 Å². The predicted octanol–water partition coefficient (Wildman–Crippen LogP) is 2.40. The number of hydrogen-bond acceptors (Lipinski definition) is 3. The predicted molar refractivity (Wildman–Crippen MR) is 87.9 cm³/mol. The maximum absolute atomic E-state index is 3.55. The molecule has 2 unspecified atom stereocenters. The van der Waals surface area contributed by atoms with E-state index in [1.807, 2.05) is 0 Å². The Morgan fingerprint density at radius 3 is 3.10 bits per heavy atom. The molecular formula is C18H27N3. The fraction of sp³-hybridized carbons (Fsp3) is 0.667. The van der Waals surface area contributed by atoms with Crippen molar-refractivity contribution < 1.29 is 0 Å². The highest BCUT2D eigenvalue weighted by Gasteiger charge is 2.34. The van der Waals surface area contributed by atoms with E-state index in [2.05, 4.69) is 40.2 Å². The van der Waals surface area contributed by atoms with E-state index in [0.717, 1.165) is 19.1 Å². The number of rotatable bonds is 1. The highest BCUT2D eigenvalue weighted by atomic mass is 15.3. The van der Waals surface area contributed by atoms with Gasteiger partial charge in [0.25, 0.3) is 0 Å². The van der Waals surface area contributed by atoms with Crippen molar-refractivity contribution in [1.82, 2.24) is 10.2 Å². The second-order valence-electron chi connectivity index (χ2n) is 6.99. The molecule has 1 aromatic carbocycles. The van der Waals surface area contributed by atoms with Crippen molar-refractivity contribution in [1.29, 1.82) is 0 Å². The van der Waals surface area contributed by atoms with E-state index >= 15 is 0 Å². The maximum atomic E-state index is 3.55. The first-order valence-electron chi connectivity index (χ1n) is 8.65. The van der Waals surface area contributed by atoms with E-state index in [4.69, 9.17) is 0 Å². The second-order valence-corrected chi connectivity index (χ2v) is 6.99. The summed E-state index contributed by atoms with van der Waals surface area (Å²) in [6.07, 6.45) is 5.38. The summed E-state index contributed by atoms with van der Waals surface area (Å²) in [7, 11) is 0. The van der Waals surface area contributed by atoms with Crippen molar-refractivity contribution in [3.63, 3.8) is 0 Å². The zero-order valence-corrected chi connectivity index (χ0v) is 13.1. The molecule has 3 heterocycles. The second kappa shape index (κ2) is 5.62. The molecule has 3 aliphatic heterocycles. The van der Waals surface area contributed by atoms with Gasteiger partial charge in [-0.3, -0.25) is 4.90 Å². The number of anilines is 1. The van der Waals surface area contributed by atoms with Gasteiger partial charge in [-0.05, 0) is 56.5 Å². The van der Waals surface area contributed by atoms with Gasteiger partial charge in [-0.25, -0.2) is 0 Å². The number of nitrogens with zero attached hydrogens (tertiary/aromatic N) is 2. The monoisotopic (exact) mass is 285 g/mol. The molecule has 2 fully saturated rings. The SMILES string of the molecule is CC1CN2CCCCC2CN1c1cccc2c1CNCC2. The topological polar surface area (TPSA) is 18.5 Å². The Hall–Kier alpha value is -1.06. The number of fused-ring (bicyclic) bond motifs is 2. The Balaban J connectivity index is 1.63. The molecule has 2 saturated heterocycles. The first-order valence-corrected chi connectivity index (χ1v) is 8.65. The molecule has 0 bridgehead atoms. The summed E-state index contributed by atoms with van der Waals surface area (Å²) in [5.41, 5.74) is 4.61. The molecule has 1 N–H and O–H groups in total. The number of nitrogens with one attached hydrogen (secondary N) is 1. The van der Waals surface area contributed by atoms with Crippen LogP contribution in [0.2, 0.25) is 0 Å². The van der Waals surface area contributed by atoms with Crippen molar-refractivity contribution in [2.24, 2.45) is 0 Å². The summed E-state index contributed by atoms with van der Waals surface area (Å²) in [5, 5.41) is 3.55. The molecule has 0 amide bonds. The van der Waals surface area contributed by atoms with E-state index in [0.29, 0.717) is 6.04 Å². The molecule has 0 aromatic heterocycles. The first-order chi connectivity index (χ1) is 10.3. The number of piperidine rings is 1. The Kier molecular flexibility index (Phi) is 3.64. The molecule has 0 radical (unpaired) electrons. The van der Waals surface area contributed by atoms with Crippen LogP contribution < -0.4 is 10.2 Å². The Morgan fingerprint density at radius 1 is 1.19 bits per heavy atom. The van der Waals surface area contributed by atoms with E-state index in [-0.39, 0.29) is 0 Å². The molecule has 1 aromatic rings. The minimum absolute atomic E-state index is 0.632. The average Bonchev–Trinajstić information content (AvgIpc) is 2.54. The van der Waals surface area contributed by atoms with Crippen LogP contribution in [0.1, 0.15) is 37.3 Å². The lowest BCUT2D eigenvalue weighted by atomic mass is 9.94. The van der Waals surface area contributed by atoms with Crippen LogP contribution in [0, 0.1) is 0 Å². The van der Waals surface area contributed by atoms with Gasteiger partial charge < -0.3 is 10.2 Å². The van der Waals surface area contributed by atoms with Crippen molar-refractivity contribution in [3.05, 3.63) is 29.3 Å². The third kappa shape index (κ3) is 2.47. The minimum atomic E-state index is 0.632. The third-order valence-corrected chi connectivity index (χ3v) is 5.62. The maximum Gasteiger partial charge on any atom is 0.0418 e. The Bertz CT molecular complexity index is 513. The van der Waals surface area contributed by atoms with E-state index in [1.165, 1.54) is 51.0 Å². The molecule has 3 aliphatic rings. The number of benzene rings is 1. The molecule has 114 valence electrons. The normalized spacial score (nSPS) is 29.9. The van der Waals surface area contributed by atoms with E-state index in [9.17, 15) is 0 Å². The van der Waals surface area contributed by atoms with Gasteiger partial charge >= 0.3 is 0 Å². The Labute approximate surface area is 128 Å². The van der Waals surface area contributed by atoms with Crippen LogP contribution in [0.3, 0.4) is 0 Å². The van der Waals surface area contributed by atoms with Crippen LogP contribution >= 0.6 is 0 Å². The van der Waals surface area contributed by atoms with E-state index in [1.54, 1.807) is 11.1 Å². The molecule has 0 aliphatic carbocycles. The summed E-state index contributed by atoms with van der Waals surface area (Å²) in [6, 6.07) is 8.34. The quantitative estimate of drug-likeness (QED) is 0.855. The molecule has 4 rings (SSSR count). The summed E-state index contributed by atoms with van der Waals surface area (Å²) in [4.78, 5) is 5.43. The lowest BCUT2D eigenvalue weighted by molar-refractivity contribution is 0.115. The molecular weight excluding hydrogens is 258 g/mol. The lowest BCUT2D eigenvalue weighted by Crippen LogP contribution is -2.59. The average molecular weight is 285 g/mol. The largest absolute Gasteiger partial charge is 0.366 e. The zero-order valence-electron chi connectivity index (χ0n) is 13.1. The summed E-state index contributed by atoms with van der Waals surface area (Å²) in [6.45, 7) is 8.35. The van der Waals surface area contributed by atoms with Crippen molar-refractivity contribution in [2.75, 3.05) is 31.1 Å². The van der Waals surface area contributed by atoms with Crippen LogP contribution in [0.25, 0.3) is 0 Å². The van der Waals surface area contributed by atoms with Gasteiger partial charge in [-0.2, -0.15) is 0 Å². The van der Waals surface area contributed by atoms with Crippen molar-refractivity contribution in [3.8, 4) is 0 Å². The highest BCUT2D eigenvalue weighted by molar-refractivity contribution is 5.58. The fourth-order valence-electron chi connectivity index (χ4n) is 4.45. The van der Waals surface area contributed by atoms with Crippen LogP contribution in [-0.2, 0) is 13.0 Å². The van der Waals surface area contributed by atoms with Crippen LogP contribution in [-0.4, -0.2) is 43.2 Å². The summed E-state index contributed by atoms with van der Waals surface area (Å²) >= 11 is 0. The van der Waals surface area contributed by atoms with Gasteiger partial charge in [0.2, 0.25) is 0 Å². The fourth-order valence-corrected chi connectivity index (χ4v) is 4.45. The molecule has 21 heavy (non-hydrogen) atoms. The lowest BCUT2D eigenvalue weighted by Gasteiger charge is -2.49. The summed E-state index contributed by atoms with van der Waals surface area (Å²) in [5.74, 6) is 0. The van der Waals surface area contributed by atoms with Gasteiger partial charge in [-0.1, -0.05) is 18.6 Å². The van der Waals surface area contributed by atoms with Crippen molar-refractivity contribution >= 4 is 5.69 Å². The standard InChI is InChI=1S/C18H27N3/c1-14-12-20-10-3-2-6-16(20)13-21(14)18-7-4-5-15-8-9-19-11-17(15)18/h4-5,7,14,16,19H,2-3,6,8-13H2,1H3. The highest BCUT2D eigenvalue weighted by Crippen LogP contribution is 2.32. The zero-order chi connectivity index (χ0) is 14.2. The van der Waals surface area contributed by atoms with Crippen molar-refractivity contribution in [2.45, 2.75) is 51.2 Å². The number of piperazine rings is 1. The molecule has 0 saturated carbocycles. The third-order valence-electron chi connectivity index (χ3n) is 5.62. The molecule has 0 spiro atoms. The van der Waals surface area contributed by atoms with E-state index < -0.39 is 0 Å². The molecule has 3 heteroatoms. The molecule has 3 nitrogen and oxygen atoms in total. The first kappa shape index (κ1) is 13.6. The number of hydrogen-bond donors (Lipinski definition) is 1. The van der Waals surface area contributed by atoms with Gasteiger partial charge in [0.15, 0.2) is 0 Å². The minimum Gasteiger partial charge on any atom is -0.366 e. The smallest absolute Gasteiger partial charge is 0.0418 e.